The number of aromatic nitrogens is 1. The second-order valence-electron chi connectivity index (χ2n) is 4.09. The molecule has 1 aromatic heterocycles. The van der Waals surface area contributed by atoms with Gasteiger partial charge in [0.25, 0.3) is 0 Å². The highest BCUT2D eigenvalue weighted by molar-refractivity contribution is 7.90. The summed E-state index contributed by atoms with van der Waals surface area (Å²) in [6.07, 6.45) is 3.34. The Morgan fingerprint density at radius 2 is 2.25 bits per heavy atom. The lowest BCUT2D eigenvalue weighted by atomic mass is 10.1. The third kappa shape index (κ3) is 5.58. The van der Waals surface area contributed by atoms with E-state index in [-0.39, 0.29) is 11.8 Å². The van der Waals surface area contributed by atoms with Gasteiger partial charge in [0, 0.05) is 29.9 Å². The number of aryl methyl sites for hydroxylation is 1. The minimum absolute atomic E-state index is 0.00301. The lowest BCUT2D eigenvalue weighted by Gasteiger charge is -2.08. The van der Waals surface area contributed by atoms with Gasteiger partial charge in [0.2, 0.25) is 0 Å². The zero-order chi connectivity index (χ0) is 12.2. The average Bonchev–Trinajstić information content (AvgIpc) is 2.48. The largest absolute Gasteiger partial charge is 0.327 e. The molecule has 1 unspecified atom stereocenters. The second-order valence-corrected chi connectivity index (χ2v) is 7.42. The van der Waals surface area contributed by atoms with E-state index in [0.29, 0.717) is 6.42 Å². The van der Waals surface area contributed by atoms with E-state index in [1.165, 1.54) is 6.26 Å². The van der Waals surface area contributed by atoms with Crippen molar-refractivity contribution >= 4 is 21.2 Å². The van der Waals surface area contributed by atoms with E-state index < -0.39 is 9.84 Å². The Kier molecular flexibility index (Phi) is 4.89. The highest BCUT2D eigenvalue weighted by Gasteiger charge is 2.08. The molecule has 4 nitrogen and oxygen atoms in total. The van der Waals surface area contributed by atoms with Crippen molar-refractivity contribution in [3.05, 3.63) is 16.1 Å². The standard InChI is InChI=1S/C10H18N2O2S2/c1-8-12-10(7-15-8)6-9(11)4-3-5-16(2,13)14/h7,9H,3-6,11H2,1-2H3. The van der Waals surface area contributed by atoms with Crippen molar-refractivity contribution in [1.82, 2.24) is 4.98 Å². The Hall–Kier alpha value is -0.460. The molecule has 1 aromatic rings. The van der Waals surface area contributed by atoms with E-state index >= 15 is 0 Å². The predicted molar refractivity (Wildman–Crippen MR) is 67.5 cm³/mol. The first-order chi connectivity index (χ1) is 7.37. The Morgan fingerprint density at radius 1 is 1.56 bits per heavy atom. The molecule has 0 aliphatic carbocycles. The van der Waals surface area contributed by atoms with Gasteiger partial charge in [-0.3, -0.25) is 0 Å². The molecule has 1 atom stereocenters. The highest BCUT2D eigenvalue weighted by Crippen LogP contribution is 2.11. The maximum Gasteiger partial charge on any atom is 0.147 e. The molecule has 2 N–H and O–H groups in total. The van der Waals surface area contributed by atoms with Gasteiger partial charge in [-0.1, -0.05) is 0 Å². The summed E-state index contributed by atoms with van der Waals surface area (Å²) in [6.45, 7) is 1.96. The van der Waals surface area contributed by atoms with Gasteiger partial charge < -0.3 is 5.73 Å². The first-order valence-corrected chi connectivity index (χ1v) is 8.15. The zero-order valence-corrected chi connectivity index (χ0v) is 11.3. The van der Waals surface area contributed by atoms with Crippen LogP contribution >= 0.6 is 11.3 Å². The number of sulfone groups is 1. The first kappa shape index (κ1) is 13.6. The quantitative estimate of drug-likeness (QED) is 0.834. The Morgan fingerprint density at radius 3 is 2.75 bits per heavy atom. The van der Waals surface area contributed by atoms with Crippen LogP contribution in [-0.4, -0.2) is 31.5 Å². The molecule has 0 radical (unpaired) electrons. The maximum atomic E-state index is 10.9. The van der Waals surface area contributed by atoms with E-state index in [0.717, 1.165) is 23.5 Å². The fourth-order valence-corrected chi connectivity index (χ4v) is 2.80. The van der Waals surface area contributed by atoms with E-state index in [9.17, 15) is 8.42 Å². The summed E-state index contributed by atoms with van der Waals surface area (Å²) in [4.78, 5) is 4.33. The molecule has 6 heteroatoms. The maximum absolute atomic E-state index is 10.9. The molecule has 92 valence electrons. The van der Waals surface area contributed by atoms with Crippen molar-refractivity contribution in [3.8, 4) is 0 Å². The minimum Gasteiger partial charge on any atom is -0.327 e. The van der Waals surface area contributed by atoms with Gasteiger partial charge >= 0.3 is 0 Å². The summed E-state index contributed by atoms with van der Waals surface area (Å²) in [5.74, 6) is 0.219. The summed E-state index contributed by atoms with van der Waals surface area (Å²) < 4.78 is 21.8. The number of thiazole rings is 1. The number of rotatable bonds is 6. The van der Waals surface area contributed by atoms with Crippen LogP contribution in [-0.2, 0) is 16.3 Å². The van der Waals surface area contributed by atoms with Gasteiger partial charge in [0.15, 0.2) is 0 Å². The normalized spacial score (nSPS) is 13.9. The van der Waals surface area contributed by atoms with Gasteiger partial charge in [-0.05, 0) is 19.8 Å². The van der Waals surface area contributed by atoms with Crippen molar-refractivity contribution in [2.24, 2.45) is 5.73 Å². The van der Waals surface area contributed by atoms with Gasteiger partial charge in [0.1, 0.15) is 9.84 Å². The Bertz CT molecular complexity index is 426. The fraction of sp³-hybridized carbons (Fsp3) is 0.700. The van der Waals surface area contributed by atoms with E-state index in [4.69, 9.17) is 5.73 Å². The molecular formula is C10H18N2O2S2. The van der Waals surface area contributed by atoms with Gasteiger partial charge in [-0.2, -0.15) is 0 Å². The highest BCUT2D eigenvalue weighted by atomic mass is 32.2. The van der Waals surface area contributed by atoms with Crippen LogP contribution in [0.15, 0.2) is 5.38 Å². The lowest BCUT2D eigenvalue weighted by molar-refractivity contribution is 0.575. The van der Waals surface area contributed by atoms with Crippen LogP contribution < -0.4 is 5.73 Å². The van der Waals surface area contributed by atoms with Crippen LogP contribution in [0.4, 0.5) is 0 Å². The molecule has 0 bridgehead atoms. The smallest absolute Gasteiger partial charge is 0.147 e. The third-order valence-electron chi connectivity index (χ3n) is 2.23. The molecule has 1 rings (SSSR count). The van der Waals surface area contributed by atoms with E-state index in [1.54, 1.807) is 11.3 Å². The second kappa shape index (κ2) is 5.75. The molecule has 0 aromatic carbocycles. The third-order valence-corrected chi connectivity index (χ3v) is 4.08. The summed E-state index contributed by atoms with van der Waals surface area (Å²) in [7, 11) is -2.86. The number of hydrogen-bond acceptors (Lipinski definition) is 5. The van der Waals surface area contributed by atoms with Gasteiger partial charge in [-0.25, -0.2) is 13.4 Å². The molecule has 0 amide bonds. The topological polar surface area (TPSA) is 73.0 Å². The van der Waals surface area contributed by atoms with Crippen LogP contribution in [0.3, 0.4) is 0 Å². The fourth-order valence-electron chi connectivity index (χ4n) is 1.48. The van der Waals surface area contributed by atoms with Crippen molar-refractivity contribution in [3.63, 3.8) is 0 Å². The van der Waals surface area contributed by atoms with Crippen LogP contribution in [0.25, 0.3) is 0 Å². The van der Waals surface area contributed by atoms with Gasteiger partial charge in [-0.15, -0.1) is 11.3 Å². The Balaban J connectivity index is 2.29. The van der Waals surface area contributed by atoms with E-state index in [1.807, 2.05) is 12.3 Å². The number of nitrogens with two attached hydrogens (primary N) is 1. The zero-order valence-electron chi connectivity index (χ0n) is 9.64. The van der Waals surface area contributed by atoms with Crippen LogP contribution in [0.5, 0.6) is 0 Å². The minimum atomic E-state index is -2.86. The molecule has 0 aliphatic rings. The monoisotopic (exact) mass is 262 g/mol. The molecule has 0 spiro atoms. The van der Waals surface area contributed by atoms with Crippen LogP contribution in [0.2, 0.25) is 0 Å². The molecular weight excluding hydrogens is 244 g/mol. The van der Waals surface area contributed by atoms with Crippen molar-refractivity contribution in [2.45, 2.75) is 32.2 Å². The van der Waals surface area contributed by atoms with Gasteiger partial charge in [0.05, 0.1) is 10.7 Å². The van der Waals surface area contributed by atoms with Crippen molar-refractivity contribution < 1.29 is 8.42 Å². The molecule has 1 heterocycles. The number of nitrogens with zero attached hydrogens (tertiary/aromatic N) is 1. The molecule has 0 saturated carbocycles. The van der Waals surface area contributed by atoms with E-state index in [2.05, 4.69) is 4.98 Å². The molecule has 16 heavy (non-hydrogen) atoms. The first-order valence-electron chi connectivity index (χ1n) is 5.21. The lowest BCUT2D eigenvalue weighted by Crippen LogP contribution is -2.23. The molecule has 0 fully saturated rings. The van der Waals surface area contributed by atoms with Crippen molar-refractivity contribution in [2.75, 3.05) is 12.0 Å². The van der Waals surface area contributed by atoms with Crippen LogP contribution in [0.1, 0.15) is 23.5 Å². The summed E-state index contributed by atoms with van der Waals surface area (Å²) in [5.41, 5.74) is 6.92. The summed E-state index contributed by atoms with van der Waals surface area (Å²) in [5, 5.41) is 3.05. The summed E-state index contributed by atoms with van der Waals surface area (Å²) in [6, 6.07) is 0.00301. The Labute approximate surface area is 101 Å². The number of hydrogen-bond donors (Lipinski definition) is 1. The molecule has 0 saturated heterocycles. The van der Waals surface area contributed by atoms with Crippen LogP contribution in [0, 0.1) is 6.92 Å². The SMILES string of the molecule is Cc1nc(CC(N)CCCS(C)(=O)=O)cs1. The van der Waals surface area contributed by atoms with Crippen molar-refractivity contribution in [1.29, 1.82) is 0 Å². The molecule has 0 aliphatic heterocycles. The predicted octanol–water partition coefficient (Wildman–Crippen LogP) is 1.15. The summed E-state index contributed by atoms with van der Waals surface area (Å²) >= 11 is 1.61. The average molecular weight is 262 g/mol.